The Morgan fingerprint density at radius 1 is 1.38 bits per heavy atom. The summed E-state index contributed by atoms with van der Waals surface area (Å²) in [6.07, 6.45) is 4.91. The van der Waals surface area contributed by atoms with Crippen molar-refractivity contribution >= 4 is 5.97 Å². The molecule has 1 unspecified atom stereocenters. The summed E-state index contributed by atoms with van der Waals surface area (Å²) in [6, 6.07) is 4.14. The van der Waals surface area contributed by atoms with E-state index in [0.717, 1.165) is 12.1 Å². The normalized spacial score (nSPS) is 12.1. The lowest BCUT2D eigenvalue weighted by Gasteiger charge is -2.12. The van der Waals surface area contributed by atoms with Gasteiger partial charge in [-0.05, 0) is 32.0 Å². The molecule has 2 aromatic heterocycles. The summed E-state index contributed by atoms with van der Waals surface area (Å²) in [5, 5.41) is 7.47. The number of esters is 1. The fourth-order valence-corrected chi connectivity index (χ4v) is 1.98. The third-order valence-corrected chi connectivity index (χ3v) is 3.11. The van der Waals surface area contributed by atoms with E-state index in [0.29, 0.717) is 18.0 Å². The van der Waals surface area contributed by atoms with Gasteiger partial charge in [-0.3, -0.25) is 0 Å². The van der Waals surface area contributed by atoms with Gasteiger partial charge < -0.3 is 10.1 Å². The van der Waals surface area contributed by atoms with Crippen LogP contribution >= 0.6 is 0 Å². The van der Waals surface area contributed by atoms with Gasteiger partial charge in [-0.2, -0.15) is 5.10 Å². The van der Waals surface area contributed by atoms with Crippen molar-refractivity contribution in [1.82, 2.24) is 20.1 Å². The van der Waals surface area contributed by atoms with Crippen LogP contribution in [0.25, 0.3) is 5.82 Å². The Hall–Kier alpha value is -2.21. The standard InChI is InChI=1S/C15H20N4O2/c1-4-16-11(3)12-6-7-14(17-8-12)19-10-13(9-18-19)15(20)21-5-2/h6-11,16H,4-5H2,1-3H3. The first kappa shape index (κ1) is 15.2. The summed E-state index contributed by atoms with van der Waals surface area (Å²) in [5.74, 6) is 0.291. The molecule has 2 rings (SSSR count). The van der Waals surface area contributed by atoms with Gasteiger partial charge in [0.2, 0.25) is 0 Å². The molecule has 0 aliphatic heterocycles. The second kappa shape index (κ2) is 6.99. The van der Waals surface area contributed by atoms with Crippen LogP contribution in [0.3, 0.4) is 0 Å². The minimum atomic E-state index is -0.374. The number of nitrogens with one attached hydrogen (secondary N) is 1. The van der Waals surface area contributed by atoms with Gasteiger partial charge in [-0.15, -0.1) is 0 Å². The van der Waals surface area contributed by atoms with Gasteiger partial charge >= 0.3 is 5.97 Å². The molecule has 0 saturated heterocycles. The second-order valence-electron chi connectivity index (χ2n) is 4.62. The summed E-state index contributed by atoms with van der Waals surface area (Å²) in [4.78, 5) is 16.0. The van der Waals surface area contributed by atoms with E-state index >= 15 is 0 Å². The lowest BCUT2D eigenvalue weighted by atomic mass is 10.1. The summed E-state index contributed by atoms with van der Waals surface area (Å²) in [5.41, 5.74) is 1.53. The Morgan fingerprint density at radius 3 is 2.81 bits per heavy atom. The van der Waals surface area contributed by atoms with E-state index in [9.17, 15) is 4.79 Å². The number of carbonyl (C=O) groups is 1. The third-order valence-electron chi connectivity index (χ3n) is 3.11. The molecule has 0 bridgehead atoms. The lowest BCUT2D eigenvalue weighted by molar-refractivity contribution is 0.0526. The maximum Gasteiger partial charge on any atom is 0.341 e. The Labute approximate surface area is 124 Å². The number of pyridine rings is 1. The fourth-order valence-electron chi connectivity index (χ4n) is 1.98. The molecule has 21 heavy (non-hydrogen) atoms. The SMILES string of the molecule is CCNC(C)c1ccc(-n2cc(C(=O)OCC)cn2)nc1. The second-order valence-corrected chi connectivity index (χ2v) is 4.62. The van der Waals surface area contributed by atoms with Crippen molar-refractivity contribution in [2.24, 2.45) is 0 Å². The van der Waals surface area contributed by atoms with Gasteiger partial charge in [0.1, 0.15) is 0 Å². The highest BCUT2D eigenvalue weighted by Crippen LogP contribution is 2.13. The molecule has 0 fully saturated rings. The number of hydrogen-bond acceptors (Lipinski definition) is 5. The molecule has 0 radical (unpaired) electrons. The zero-order valence-corrected chi connectivity index (χ0v) is 12.5. The maximum absolute atomic E-state index is 11.6. The van der Waals surface area contributed by atoms with Gasteiger partial charge in [0.15, 0.2) is 5.82 Å². The molecule has 112 valence electrons. The van der Waals surface area contributed by atoms with Crippen molar-refractivity contribution in [3.8, 4) is 5.82 Å². The van der Waals surface area contributed by atoms with Crippen LogP contribution in [-0.2, 0) is 4.74 Å². The quantitative estimate of drug-likeness (QED) is 0.824. The molecular weight excluding hydrogens is 268 g/mol. The van der Waals surface area contributed by atoms with Gasteiger partial charge in [0.25, 0.3) is 0 Å². The molecule has 1 N–H and O–H groups in total. The lowest BCUT2D eigenvalue weighted by Crippen LogP contribution is -2.17. The van der Waals surface area contributed by atoms with E-state index in [1.165, 1.54) is 6.20 Å². The van der Waals surface area contributed by atoms with E-state index in [1.54, 1.807) is 17.8 Å². The third kappa shape index (κ3) is 3.66. The van der Waals surface area contributed by atoms with Crippen molar-refractivity contribution in [2.45, 2.75) is 26.8 Å². The Bertz CT molecular complexity index is 592. The van der Waals surface area contributed by atoms with E-state index in [-0.39, 0.29) is 12.0 Å². The minimum Gasteiger partial charge on any atom is -0.462 e. The molecule has 1 atom stereocenters. The summed E-state index contributed by atoms with van der Waals surface area (Å²) < 4.78 is 6.50. The van der Waals surface area contributed by atoms with Crippen LogP contribution in [0.2, 0.25) is 0 Å². The van der Waals surface area contributed by atoms with Crippen molar-refractivity contribution in [2.75, 3.05) is 13.2 Å². The molecule has 6 heteroatoms. The number of rotatable bonds is 6. The van der Waals surface area contributed by atoms with Crippen LogP contribution in [0.4, 0.5) is 0 Å². The van der Waals surface area contributed by atoms with Crippen molar-refractivity contribution in [3.63, 3.8) is 0 Å². The number of carbonyl (C=O) groups excluding carboxylic acids is 1. The van der Waals surface area contributed by atoms with E-state index in [2.05, 4.69) is 29.2 Å². The number of ether oxygens (including phenoxy) is 1. The first-order valence-electron chi connectivity index (χ1n) is 7.07. The first-order valence-corrected chi connectivity index (χ1v) is 7.07. The Balaban J connectivity index is 2.14. The zero-order valence-electron chi connectivity index (χ0n) is 12.5. The zero-order chi connectivity index (χ0) is 15.2. The highest BCUT2D eigenvalue weighted by Gasteiger charge is 2.11. The van der Waals surface area contributed by atoms with E-state index in [1.807, 2.05) is 18.3 Å². The average molecular weight is 288 g/mol. The summed E-state index contributed by atoms with van der Waals surface area (Å²) in [7, 11) is 0. The van der Waals surface area contributed by atoms with Crippen LogP contribution < -0.4 is 5.32 Å². The van der Waals surface area contributed by atoms with E-state index in [4.69, 9.17) is 4.74 Å². The predicted molar refractivity (Wildman–Crippen MR) is 79.4 cm³/mol. The first-order chi connectivity index (χ1) is 10.2. The minimum absolute atomic E-state index is 0.254. The van der Waals surface area contributed by atoms with Crippen LogP contribution in [0.1, 0.15) is 42.7 Å². The number of hydrogen-bond donors (Lipinski definition) is 1. The molecule has 2 aromatic rings. The highest BCUT2D eigenvalue weighted by molar-refractivity contribution is 5.88. The average Bonchev–Trinajstić information content (AvgIpc) is 2.98. The molecule has 0 spiro atoms. The molecule has 0 aliphatic rings. The smallest absolute Gasteiger partial charge is 0.341 e. The largest absolute Gasteiger partial charge is 0.462 e. The van der Waals surface area contributed by atoms with Gasteiger partial charge in [-0.1, -0.05) is 13.0 Å². The van der Waals surface area contributed by atoms with Gasteiger partial charge in [0.05, 0.1) is 18.4 Å². The topological polar surface area (TPSA) is 69.0 Å². The molecule has 6 nitrogen and oxygen atoms in total. The van der Waals surface area contributed by atoms with Gasteiger partial charge in [-0.25, -0.2) is 14.5 Å². The summed E-state index contributed by atoms with van der Waals surface area (Å²) in [6.45, 7) is 7.18. The fraction of sp³-hybridized carbons (Fsp3) is 0.400. The van der Waals surface area contributed by atoms with Crippen molar-refractivity contribution in [1.29, 1.82) is 0 Å². The monoisotopic (exact) mass is 288 g/mol. The number of aromatic nitrogens is 3. The van der Waals surface area contributed by atoms with Crippen LogP contribution in [0.15, 0.2) is 30.7 Å². The Morgan fingerprint density at radius 2 is 2.19 bits per heavy atom. The predicted octanol–water partition coefficient (Wildman–Crippen LogP) is 2.11. The van der Waals surface area contributed by atoms with E-state index < -0.39 is 0 Å². The van der Waals surface area contributed by atoms with Crippen LogP contribution in [-0.4, -0.2) is 33.9 Å². The van der Waals surface area contributed by atoms with Crippen LogP contribution in [0, 0.1) is 0 Å². The molecular formula is C15H20N4O2. The molecule has 0 aromatic carbocycles. The van der Waals surface area contributed by atoms with Crippen molar-refractivity contribution < 1.29 is 9.53 Å². The number of nitrogens with zero attached hydrogens (tertiary/aromatic N) is 3. The Kier molecular flexibility index (Phi) is 5.05. The molecule has 2 heterocycles. The highest BCUT2D eigenvalue weighted by atomic mass is 16.5. The van der Waals surface area contributed by atoms with Gasteiger partial charge in [0, 0.05) is 18.4 Å². The molecule has 0 amide bonds. The van der Waals surface area contributed by atoms with Crippen molar-refractivity contribution in [3.05, 3.63) is 41.9 Å². The molecule has 0 saturated carbocycles. The van der Waals surface area contributed by atoms with Crippen LogP contribution in [0.5, 0.6) is 0 Å². The molecule has 0 aliphatic carbocycles. The maximum atomic E-state index is 11.6. The summed E-state index contributed by atoms with van der Waals surface area (Å²) >= 11 is 0.